The minimum atomic E-state index is -4.97. The standard InChI is InChI=1S/C29H32F7NO3/c1-16-9-21(27(38)39)15-37(13-16)14-19-5-8-25(26(19)18-3-6-24(30)7-4-18)40-17(2)20-10-22(28(31,32)33)12-23(11-20)29(34,35)36/h3-4,6-7,10-12,16-17,19,21,25-26H,5,8-9,13-15H2,1-2H3,(H,38,39)/t16-,17+,19-,21-,25-,26-/m0/s1. The molecule has 0 spiro atoms. The van der Waals surface area contributed by atoms with E-state index in [0.29, 0.717) is 51.0 Å². The van der Waals surface area contributed by atoms with Crippen molar-refractivity contribution in [3.05, 3.63) is 70.5 Å². The third kappa shape index (κ3) is 7.15. The van der Waals surface area contributed by atoms with Crippen molar-refractivity contribution in [3.8, 4) is 0 Å². The zero-order valence-corrected chi connectivity index (χ0v) is 22.1. The van der Waals surface area contributed by atoms with Gasteiger partial charge in [0.15, 0.2) is 0 Å². The van der Waals surface area contributed by atoms with Crippen LogP contribution in [-0.2, 0) is 21.9 Å². The van der Waals surface area contributed by atoms with E-state index in [0.717, 1.165) is 5.56 Å². The summed E-state index contributed by atoms with van der Waals surface area (Å²) in [5.41, 5.74) is -2.29. The van der Waals surface area contributed by atoms with Crippen LogP contribution in [0, 0.1) is 23.6 Å². The molecule has 0 bridgehead atoms. The number of carboxylic acid groups (broad SMARTS) is 1. The second-order valence-corrected chi connectivity index (χ2v) is 11.2. The lowest BCUT2D eigenvalue weighted by Gasteiger charge is -2.38. The average Bonchev–Trinajstić information content (AvgIpc) is 3.24. The first-order chi connectivity index (χ1) is 18.6. The van der Waals surface area contributed by atoms with Crippen molar-refractivity contribution in [2.45, 2.75) is 63.6 Å². The number of aliphatic carboxylic acids is 1. The van der Waals surface area contributed by atoms with Crippen molar-refractivity contribution in [1.29, 1.82) is 0 Å². The predicted octanol–water partition coefficient (Wildman–Crippen LogP) is 7.55. The molecular weight excluding hydrogens is 543 g/mol. The number of likely N-dealkylation sites (tertiary alicyclic amines) is 1. The Balaban J connectivity index is 1.60. The van der Waals surface area contributed by atoms with Gasteiger partial charge in [-0.15, -0.1) is 0 Å². The Kier molecular flexibility index (Phi) is 8.85. The lowest BCUT2D eigenvalue weighted by molar-refractivity contribution is -0.145. The van der Waals surface area contributed by atoms with Gasteiger partial charge in [-0.2, -0.15) is 26.3 Å². The van der Waals surface area contributed by atoms with Gasteiger partial charge in [-0.3, -0.25) is 4.79 Å². The van der Waals surface area contributed by atoms with Crippen molar-refractivity contribution in [3.63, 3.8) is 0 Å². The van der Waals surface area contributed by atoms with E-state index >= 15 is 0 Å². The number of alkyl halides is 6. The topological polar surface area (TPSA) is 49.8 Å². The molecule has 1 aliphatic carbocycles. The Bertz CT molecular complexity index is 1150. The molecule has 1 heterocycles. The lowest BCUT2D eigenvalue weighted by atomic mass is 9.85. The molecule has 40 heavy (non-hydrogen) atoms. The summed E-state index contributed by atoms with van der Waals surface area (Å²) in [5, 5.41) is 9.56. The van der Waals surface area contributed by atoms with E-state index in [1.54, 1.807) is 12.1 Å². The first-order valence-electron chi connectivity index (χ1n) is 13.3. The second-order valence-electron chi connectivity index (χ2n) is 11.2. The Morgan fingerprint density at radius 1 is 1.00 bits per heavy atom. The molecule has 2 fully saturated rings. The highest BCUT2D eigenvalue weighted by atomic mass is 19.4. The van der Waals surface area contributed by atoms with Crippen molar-refractivity contribution in [2.24, 2.45) is 17.8 Å². The van der Waals surface area contributed by atoms with Gasteiger partial charge < -0.3 is 14.7 Å². The molecular formula is C29H32F7NO3. The summed E-state index contributed by atoms with van der Waals surface area (Å²) in [6.45, 7) is 5.06. The number of hydrogen-bond acceptors (Lipinski definition) is 3. The molecule has 1 N–H and O–H groups in total. The van der Waals surface area contributed by atoms with Crippen LogP contribution in [0.3, 0.4) is 0 Å². The molecule has 0 amide bonds. The number of halogens is 7. The molecule has 2 aromatic rings. The van der Waals surface area contributed by atoms with Gasteiger partial charge in [-0.25, -0.2) is 4.39 Å². The molecule has 4 rings (SSSR count). The van der Waals surface area contributed by atoms with Crippen LogP contribution in [0.4, 0.5) is 30.7 Å². The summed E-state index contributed by atoms with van der Waals surface area (Å²) in [4.78, 5) is 13.8. The maximum absolute atomic E-state index is 13.7. The molecule has 6 atom stereocenters. The summed E-state index contributed by atoms with van der Waals surface area (Å²) in [5.74, 6) is -1.96. The van der Waals surface area contributed by atoms with Crippen LogP contribution in [-0.4, -0.2) is 41.7 Å². The third-order valence-electron chi connectivity index (χ3n) is 8.02. The van der Waals surface area contributed by atoms with Gasteiger partial charge in [-0.05, 0) is 79.5 Å². The Labute approximate surface area is 228 Å². The minimum Gasteiger partial charge on any atom is -0.481 e. The highest BCUT2D eigenvalue weighted by Crippen LogP contribution is 2.45. The Morgan fingerprint density at radius 3 is 2.15 bits per heavy atom. The molecule has 2 aromatic carbocycles. The normalized spacial score (nSPS) is 27.1. The molecule has 220 valence electrons. The molecule has 2 aliphatic rings. The lowest BCUT2D eigenvalue weighted by Crippen LogP contribution is -2.45. The van der Waals surface area contributed by atoms with Crippen LogP contribution in [0.1, 0.15) is 67.4 Å². The maximum Gasteiger partial charge on any atom is 0.416 e. The van der Waals surface area contributed by atoms with Crippen molar-refractivity contribution < 1.29 is 45.4 Å². The van der Waals surface area contributed by atoms with Gasteiger partial charge in [0.05, 0.1) is 29.3 Å². The quantitative estimate of drug-likeness (QED) is 0.347. The maximum atomic E-state index is 13.7. The number of rotatable bonds is 7. The first-order valence-corrected chi connectivity index (χ1v) is 13.3. The molecule has 0 radical (unpaired) electrons. The molecule has 11 heteroatoms. The third-order valence-corrected chi connectivity index (χ3v) is 8.02. The summed E-state index contributed by atoms with van der Waals surface area (Å²) in [7, 11) is 0. The van der Waals surface area contributed by atoms with Gasteiger partial charge in [0.1, 0.15) is 5.82 Å². The summed E-state index contributed by atoms with van der Waals surface area (Å²) in [6, 6.07) is 7.29. The number of carboxylic acids is 1. The van der Waals surface area contributed by atoms with Crippen LogP contribution >= 0.6 is 0 Å². The fourth-order valence-electron chi connectivity index (χ4n) is 6.25. The van der Waals surface area contributed by atoms with E-state index in [-0.39, 0.29) is 29.4 Å². The van der Waals surface area contributed by atoms with Crippen molar-refractivity contribution >= 4 is 5.97 Å². The molecule has 4 nitrogen and oxygen atoms in total. The van der Waals surface area contributed by atoms with Crippen molar-refractivity contribution in [1.82, 2.24) is 4.90 Å². The van der Waals surface area contributed by atoms with Crippen LogP contribution in [0.2, 0.25) is 0 Å². The number of nitrogens with zero attached hydrogens (tertiary/aromatic N) is 1. The van der Waals surface area contributed by atoms with E-state index in [9.17, 15) is 40.6 Å². The SMILES string of the molecule is C[C@H]1C[C@H](C(=O)O)CN(C[C@@H]2CC[C@H](O[C@H](C)c3cc(C(F)(F)F)cc(C(F)(F)F)c3)[C@H]2c2ccc(F)cc2)C1. The highest BCUT2D eigenvalue weighted by molar-refractivity contribution is 5.70. The largest absolute Gasteiger partial charge is 0.481 e. The van der Waals surface area contributed by atoms with Crippen molar-refractivity contribution in [2.75, 3.05) is 19.6 Å². The number of hydrogen-bond donors (Lipinski definition) is 1. The second kappa shape index (κ2) is 11.7. The summed E-state index contributed by atoms with van der Waals surface area (Å²) in [6.07, 6.45) is -9.84. The summed E-state index contributed by atoms with van der Waals surface area (Å²) < 4.78 is 100. The van der Waals surface area contributed by atoms with E-state index in [4.69, 9.17) is 4.74 Å². The zero-order chi connectivity index (χ0) is 29.4. The molecule has 1 aliphatic heterocycles. The molecule has 0 unspecified atom stereocenters. The van der Waals surface area contributed by atoms with Gasteiger partial charge >= 0.3 is 18.3 Å². The number of piperidine rings is 1. The fourth-order valence-corrected chi connectivity index (χ4v) is 6.25. The van der Waals surface area contributed by atoms with Crippen LogP contribution in [0.5, 0.6) is 0 Å². The number of benzene rings is 2. The van der Waals surface area contributed by atoms with Gasteiger partial charge in [0.2, 0.25) is 0 Å². The van der Waals surface area contributed by atoms with Gasteiger partial charge in [-0.1, -0.05) is 19.1 Å². The van der Waals surface area contributed by atoms with Crippen LogP contribution in [0.15, 0.2) is 42.5 Å². The number of ether oxygens (including phenoxy) is 1. The number of carbonyl (C=O) groups is 1. The molecule has 0 aromatic heterocycles. The molecule has 1 saturated carbocycles. The monoisotopic (exact) mass is 575 g/mol. The highest BCUT2D eigenvalue weighted by Gasteiger charge is 2.42. The summed E-state index contributed by atoms with van der Waals surface area (Å²) >= 11 is 0. The average molecular weight is 576 g/mol. The molecule has 1 saturated heterocycles. The Morgan fingerprint density at radius 2 is 1.60 bits per heavy atom. The van der Waals surface area contributed by atoms with E-state index in [2.05, 4.69) is 4.90 Å². The minimum absolute atomic E-state index is 0.0327. The first kappa shape index (κ1) is 30.3. The van der Waals surface area contributed by atoms with E-state index in [1.807, 2.05) is 6.92 Å². The van der Waals surface area contributed by atoms with E-state index < -0.39 is 53.4 Å². The fraction of sp³-hybridized carbons (Fsp3) is 0.552. The Hall–Kier alpha value is -2.66. The smallest absolute Gasteiger partial charge is 0.416 e. The van der Waals surface area contributed by atoms with Gasteiger partial charge in [0.25, 0.3) is 0 Å². The van der Waals surface area contributed by atoms with Crippen LogP contribution in [0.25, 0.3) is 0 Å². The zero-order valence-electron chi connectivity index (χ0n) is 22.1. The predicted molar refractivity (Wildman–Crippen MR) is 133 cm³/mol. The van der Waals surface area contributed by atoms with E-state index in [1.165, 1.54) is 19.1 Å². The van der Waals surface area contributed by atoms with Gasteiger partial charge in [0, 0.05) is 25.6 Å². The van der Waals surface area contributed by atoms with Crippen LogP contribution < -0.4 is 0 Å².